The molecular formula is C16H23ClN2O. The van der Waals surface area contributed by atoms with Crippen molar-refractivity contribution < 1.29 is 4.74 Å². The largest absolute Gasteiger partial charge is 0.381 e. The quantitative estimate of drug-likeness (QED) is 0.902. The predicted octanol–water partition coefficient (Wildman–Crippen LogP) is 3.21. The molecular weight excluding hydrogens is 272 g/mol. The third-order valence-corrected chi connectivity index (χ3v) is 4.69. The molecule has 1 aliphatic carbocycles. The highest BCUT2D eigenvalue weighted by Gasteiger charge is 2.21. The van der Waals surface area contributed by atoms with E-state index in [1.165, 1.54) is 24.1 Å². The van der Waals surface area contributed by atoms with E-state index in [0.29, 0.717) is 6.10 Å². The van der Waals surface area contributed by atoms with Crippen molar-refractivity contribution in [1.82, 2.24) is 5.32 Å². The van der Waals surface area contributed by atoms with Gasteiger partial charge in [0, 0.05) is 43.5 Å². The van der Waals surface area contributed by atoms with Gasteiger partial charge in [-0.25, -0.2) is 0 Å². The van der Waals surface area contributed by atoms with Gasteiger partial charge in [-0.3, -0.25) is 0 Å². The van der Waals surface area contributed by atoms with Crippen LogP contribution in [0.1, 0.15) is 31.2 Å². The highest BCUT2D eigenvalue weighted by molar-refractivity contribution is 6.31. The summed E-state index contributed by atoms with van der Waals surface area (Å²) in [5.41, 5.74) is 2.44. The minimum atomic E-state index is 0.420. The first-order valence-corrected chi connectivity index (χ1v) is 7.93. The fourth-order valence-electron chi connectivity index (χ4n) is 2.77. The number of halogens is 1. The van der Waals surface area contributed by atoms with Crippen LogP contribution < -0.4 is 10.2 Å². The van der Waals surface area contributed by atoms with Crippen LogP contribution in [0.5, 0.6) is 0 Å². The number of methoxy groups -OCH3 is 1. The van der Waals surface area contributed by atoms with Crippen LogP contribution >= 0.6 is 11.6 Å². The Bertz CT molecular complexity index is 454. The van der Waals surface area contributed by atoms with Crippen molar-refractivity contribution in [3.8, 4) is 0 Å². The van der Waals surface area contributed by atoms with Crippen molar-refractivity contribution >= 4 is 17.3 Å². The van der Waals surface area contributed by atoms with E-state index in [1.54, 1.807) is 7.11 Å². The summed E-state index contributed by atoms with van der Waals surface area (Å²) in [6.45, 7) is 2.98. The molecule has 3 nitrogen and oxygen atoms in total. The van der Waals surface area contributed by atoms with Crippen molar-refractivity contribution in [2.24, 2.45) is 0 Å². The SMILES string of the molecule is COC1CCN(c2ccc(CNC3CC3)c(Cl)c2)CC1. The number of anilines is 1. The third kappa shape index (κ3) is 3.46. The number of benzene rings is 1. The molecule has 0 radical (unpaired) electrons. The highest BCUT2D eigenvalue weighted by atomic mass is 35.5. The predicted molar refractivity (Wildman–Crippen MR) is 83.6 cm³/mol. The topological polar surface area (TPSA) is 24.5 Å². The lowest BCUT2D eigenvalue weighted by Crippen LogP contribution is -2.36. The summed E-state index contributed by atoms with van der Waals surface area (Å²) in [5.74, 6) is 0. The molecule has 1 N–H and O–H groups in total. The van der Waals surface area contributed by atoms with Gasteiger partial charge in [-0.1, -0.05) is 17.7 Å². The fraction of sp³-hybridized carbons (Fsp3) is 0.625. The van der Waals surface area contributed by atoms with E-state index < -0.39 is 0 Å². The smallest absolute Gasteiger partial charge is 0.0605 e. The lowest BCUT2D eigenvalue weighted by atomic mass is 10.1. The molecule has 2 fully saturated rings. The van der Waals surface area contributed by atoms with Crippen molar-refractivity contribution in [2.75, 3.05) is 25.1 Å². The summed E-state index contributed by atoms with van der Waals surface area (Å²) < 4.78 is 5.42. The average molecular weight is 295 g/mol. The van der Waals surface area contributed by atoms with Crippen LogP contribution in [-0.2, 0) is 11.3 Å². The van der Waals surface area contributed by atoms with E-state index in [9.17, 15) is 0 Å². The first-order chi connectivity index (χ1) is 9.76. The highest BCUT2D eigenvalue weighted by Crippen LogP contribution is 2.27. The van der Waals surface area contributed by atoms with Gasteiger partial charge in [-0.15, -0.1) is 0 Å². The number of rotatable bonds is 5. The van der Waals surface area contributed by atoms with Crippen molar-refractivity contribution in [3.63, 3.8) is 0 Å². The summed E-state index contributed by atoms with van der Waals surface area (Å²) in [6, 6.07) is 7.19. The molecule has 1 aromatic carbocycles. The van der Waals surface area contributed by atoms with Crippen LogP contribution in [0.4, 0.5) is 5.69 Å². The minimum absolute atomic E-state index is 0.420. The standard InChI is InChI=1S/C16H23ClN2O/c1-20-15-6-8-19(9-7-15)14-5-2-12(16(17)10-14)11-18-13-3-4-13/h2,5,10,13,15,18H,3-4,6-9,11H2,1H3. The van der Waals surface area contributed by atoms with Gasteiger partial charge in [0.25, 0.3) is 0 Å². The van der Waals surface area contributed by atoms with Crippen molar-refractivity contribution in [2.45, 2.75) is 44.4 Å². The van der Waals surface area contributed by atoms with E-state index in [0.717, 1.165) is 43.5 Å². The molecule has 1 saturated carbocycles. The van der Waals surface area contributed by atoms with Gasteiger partial charge in [0.1, 0.15) is 0 Å². The van der Waals surface area contributed by atoms with Crippen molar-refractivity contribution in [1.29, 1.82) is 0 Å². The zero-order valence-corrected chi connectivity index (χ0v) is 12.8. The number of nitrogens with one attached hydrogen (secondary N) is 1. The van der Waals surface area contributed by atoms with E-state index in [4.69, 9.17) is 16.3 Å². The molecule has 0 amide bonds. The first kappa shape index (κ1) is 14.2. The van der Waals surface area contributed by atoms with Crippen LogP contribution in [0.2, 0.25) is 5.02 Å². The van der Waals surface area contributed by atoms with Crippen LogP contribution in [0.25, 0.3) is 0 Å². The number of piperidine rings is 1. The second kappa shape index (κ2) is 6.33. The normalized spacial score (nSPS) is 20.4. The van der Waals surface area contributed by atoms with Gasteiger partial charge in [-0.05, 0) is 43.4 Å². The lowest BCUT2D eigenvalue weighted by Gasteiger charge is -2.33. The fourth-order valence-corrected chi connectivity index (χ4v) is 3.01. The number of nitrogens with zero attached hydrogens (tertiary/aromatic N) is 1. The maximum Gasteiger partial charge on any atom is 0.0605 e. The molecule has 1 saturated heterocycles. The summed E-state index contributed by atoms with van der Waals surface area (Å²) in [4.78, 5) is 2.40. The van der Waals surface area contributed by atoms with Crippen LogP contribution in [0.15, 0.2) is 18.2 Å². The Hall–Kier alpha value is -0.770. The van der Waals surface area contributed by atoms with E-state index >= 15 is 0 Å². The Kier molecular flexibility index (Phi) is 4.49. The molecule has 1 aliphatic heterocycles. The Balaban J connectivity index is 1.60. The summed E-state index contributed by atoms with van der Waals surface area (Å²) in [6.07, 6.45) is 5.23. The minimum Gasteiger partial charge on any atom is -0.381 e. The van der Waals surface area contributed by atoms with Gasteiger partial charge in [-0.2, -0.15) is 0 Å². The molecule has 20 heavy (non-hydrogen) atoms. The summed E-state index contributed by atoms with van der Waals surface area (Å²) in [7, 11) is 1.80. The average Bonchev–Trinajstić information content (AvgIpc) is 3.30. The molecule has 0 atom stereocenters. The third-order valence-electron chi connectivity index (χ3n) is 4.34. The van der Waals surface area contributed by atoms with E-state index in [1.807, 2.05) is 0 Å². The second-order valence-corrected chi connectivity index (χ2v) is 6.26. The Morgan fingerprint density at radius 1 is 1.25 bits per heavy atom. The monoisotopic (exact) mass is 294 g/mol. The molecule has 0 bridgehead atoms. The number of hydrogen-bond acceptors (Lipinski definition) is 3. The maximum absolute atomic E-state index is 6.42. The molecule has 0 unspecified atom stereocenters. The Morgan fingerprint density at radius 2 is 2.00 bits per heavy atom. The Morgan fingerprint density at radius 3 is 2.60 bits per heavy atom. The van der Waals surface area contributed by atoms with E-state index in [-0.39, 0.29) is 0 Å². The number of ether oxygens (including phenoxy) is 1. The summed E-state index contributed by atoms with van der Waals surface area (Å²) in [5, 5.41) is 4.39. The van der Waals surface area contributed by atoms with Crippen molar-refractivity contribution in [3.05, 3.63) is 28.8 Å². The molecule has 0 spiro atoms. The molecule has 4 heteroatoms. The van der Waals surface area contributed by atoms with Gasteiger partial charge in [0.05, 0.1) is 6.10 Å². The zero-order chi connectivity index (χ0) is 13.9. The van der Waals surface area contributed by atoms with Gasteiger partial charge < -0.3 is 15.0 Å². The lowest BCUT2D eigenvalue weighted by molar-refractivity contribution is 0.0819. The molecule has 0 aromatic heterocycles. The summed E-state index contributed by atoms with van der Waals surface area (Å²) >= 11 is 6.42. The second-order valence-electron chi connectivity index (χ2n) is 5.85. The molecule has 1 heterocycles. The molecule has 3 rings (SSSR count). The van der Waals surface area contributed by atoms with Crippen LogP contribution in [-0.4, -0.2) is 32.3 Å². The van der Waals surface area contributed by atoms with Gasteiger partial charge in [0.15, 0.2) is 0 Å². The van der Waals surface area contributed by atoms with E-state index in [2.05, 4.69) is 28.4 Å². The Labute approximate surface area is 126 Å². The molecule has 2 aliphatic rings. The van der Waals surface area contributed by atoms with Crippen LogP contribution in [0, 0.1) is 0 Å². The first-order valence-electron chi connectivity index (χ1n) is 7.56. The maximum atomic E-state index is 6.42. The molecule has 1 aromatic rings. The van der Waals surface area contributed by atoms with Crippen LogP contribution in [0.3, 0.4) is 0 Å². The van der Waals surface area contributed by atoms with Gasteiger partial charge in [0.2, 0.25) is 0 Å². The zero-order valence-electron chi connectivity index (χ0n) is 12.1. The molecule has 110 valence electrons. The van der Waals surface area contributed by atoms with Gasteiger partial charge >= 0.3 is 0 Å². The number of hydrogen-bond donors (Lipinski definition) is 1.